The van der Waals surface area contributed by atoms with E-state index in [9.17, 15) is 14.4 Å². The van der Waals surface area contributed by atoms with Gasteiger partial charge < -0.3 is 11.1 Å². The second-order valence-corrected chi connectivity index (χ2v) is 5.63. The fourth-order valence-electron chi connectivity index (χ4n) is 2.22. The number of allylic oxidation sites excluding steroid dienone is 2. The van der Waals surface area contributed by atoms with E-state index in [1.807, 2.05) is 33.8 Å². The number of benzene rings is 1. The minimum atomic E-state index is -0.597. The topological polar surface area (TPSA) is 89.3 Å². The molecular formula is C17H22N2O3. The van der Waals surface area contributed by atoms with Crippen LogP contribution in [0.3, 0.4) is 0 Å². The molecular weight excluding hydrogens is 280 g/mol. The molecule has 1 aromatic rings. The lowest BCUT2D eigenvalue weighted by molar-refractivity contribution is -0.117. The number of primary amides is 1. The maximum atomic E-state index is 12.7. The Morgan fingerprint density at radius 1 is 1.18 bits per heavy atom. The van der Waals surface area contributed by atoms with E-state index < -0.39 is 5.91 Å². The summed E-state index contributed by atoms with van der Waals surface area (Å²) in [6, 6.07) is 5.47. The molecule has 0 aliphatic carbocycles. The number of nitrogens with one attached hydrogen (secondary N) is 1. The number of Topliss-reactive ketones (excluding diaryl/α,β-unsaturated/α-hetero) is 1. The lowest BCUT2D eigenvalue weighted by Crippen LogP contribution is -2.32. The summed E-state index contributed by atoms with van der Waals surface area (Å²) in [7, 11) is 0. The van der Waals surface area contributed by atoms with Crippen molar-refractivity contribution in [1.29, 1.82) is 0 Å². The summed E-state index contributed by atoms with van der Waals surface area (Å²) in [4.78, 5) is 35.1. The van der Waals surface area contributed by atoms with Crippen molar-refractivity contribution in [3.05, 3.63) is 46.2 Å². The second kappa shape index (κ2) is 7.54. The lowest BCUT2D eigenvalue weighted by atomic mass is 9.95. The van der Waals surface area contributed by atoms with Gasteiger partial charge in [-0.1, -0.05) is 31.0 Å². The van der Waals surface area contributed by atoms with Gasteiger partial charge >= 0.3 is 0 Å². The zero-order chi connectivity index (χ0) is 16.9. The molecule has 0 atom stereocenters. The molecule has 118 valence electrons. The predicted octanol–water partition coefficient (Wildman–Crippen LogP) is 1.67. The van der Waals surface area contributed by atoms with Crippen LogP contribution in [-0.4, -0.2) is 24.5 Å². The highest BCUT2D eigenvalue weighted by molar-refractivity contribution is 6.11. The number of ketones is 1. The SMILES string of the molecule is Cc1cc(C)cc(C(=O)/C(NCC(N)=O)=C(/C=O)C(C)C)c1. The van der Waals surface area contributed by atoms with Crippen LogP contribution in [0.5, 0.6) is 0 Å². The molecule has 0 radical (unpaired) electrons. The zero-order valence-corrected chi connectivity index (χ0v) is 13.4. The highest BCUT2D eigenvalue weighted by Gasteiger charge is 2.20. The summed E-state index contributed by atoms with van der Waals surface area (Å²) in [5.74, 6) is -1.06. The number of nitrogens with two attached hydrogens (primary N) is 1. The third kappa shape index (κ3) is 4.55. The Balaban J connectivity index is 3.33. The van der Waals surface area contributed by atoms with Crippen LogP contribution in [0.2, 0.25) is 0 Å². The van der Waals surface area contributed by atoms with Gasteiger partial charge in [-0.2, -0.15) is 0 Å². The molecule has 1 rings (SSSR count). The van der Waals surface area contributed by atoms with Gasteiger partial charge in [0.15, 0.2) is 0 Å². The number of carbonyl (C=O) groups is 3. The molecule has 1 amide bonds. The first-order valence-electron chi connectivity index (χ1n) is 7.10. The maximum Gasteiger partial charge on any atom is 0.236 e. The van der Waals surface area contributed by atoms with E-state index in [2.05, 4.69) is 5.32 Å². The van der Waals surface area contributed by atoms with Gasteiger partial charge in [-0.25, -0.2) is 0 Å². The average molecular weight is 302 g/mol. The number of aryl methyl sites for hydroxylation is 2. The number of hydrogen-bond acceptors (Lipinski definition) is 4. The van der Waals surface area contributed by atoms with E-state index in [0.29, 0.717) is 17.4 Å². The molecule has 0 saturated carbocycles. The number of hydrogen-bond donors (Lipinski definition) is 2. The summed E-state index contributed by atoms with van der Waals surface area (Å²) in [6.07, 6.45) is 0.647. The van der Waals surface area contributed by atoms with Crippen LogP contribution in [0.4, 0.5) is 0 Å². The molecule has 5 heteroatoms. The summed E-state index contributed by atoms with van der Waals surface area (Å²) in [6.45, 7) is 7.21. The van der Waals surface area contributed by atoms with Crippen molar-refractivity contribution in [2.45, 2.75) is 27.7 Å². The van der Waals surface area contributed by atoms with Gasteiger partial charge in [0.05, 0.1) is 12.2 Å². The second-order valence-electron chi connectivity index (χ2n) is 5.63. The van der Waals surface area contributed by atoms with Crippen molar-refractivity contribution in [3.8, 4) is 0 Å². The minimum Gasteiger partial charge on any atom is -0.373 e. The standard InChI is InChI=1S/C17H22N2O3/c1-10(2)14(9-20)16(19-8-15(18)21)17(22)13-6-11(3)5-12(4)7-13/h5-7,9-10,19H,8H2,1-4H3,(H2,18,21)/b16-14+. The lowest BCUT2D eigenvalue weighted by Gasteiger charge is -2.15. The Labute approximate surface area is 130 Å². The van der Waals surface area contributed by atoms with Crippen LogP contribution in [0.15, 0.2) is 29.5 Å². The van der Waals surface area contributed by atoms with Crippen molar-refractivity contribution in [2.24, 2.45) is 11.7 Å². The third-order valence-corrected chi connectivity index (χ3v) is 3.19. The number of amides is 1. The van der Waals surface area contributed by atoms with Gasteiger partial charge in [0.2, 0.25) is 11.7 Å². The van der Waals surface area contributed by atoms with Crippen LogP contribution in [-0.2, 0) is 9.59 Å². The minimum absolute atomic E-state index is 0.133. The predicted molar refractivity (Wildman–Crippen MR) is 85.4 cm³/mol. The Morgan fingerprint density at radius 3 is 2.14 bits per heavy atom. The first-order chi connectivity index (χ1) is 10.3. The van der Waals surface area contributed by atoms with Crippen LogP contribution >= 0.6 is 0 Å². The summed E-state index contributed by atoms with van der Waals surface area (Å²) < 4.78 is 0. The van der Waals surface area contributed by atoms with Crippen molar-refractivity contribution >= 4 is 18.0 Å². The monoisotopic (exact) mass is 302 g/mol. The van der Waals surface area contributed by atoms with Crippen molar-refractivity contribution in [1.82, 2.24) is 5.32 Å². The highest BCUT2D eigenvalue weighted by atomic mass is 16.1. The van der Waals surface area contributed by atoms with Gasteiger partial charge in [-0.05, 0) is 31.9 Å². The molecule has 0 spiro atoms. The Bertz CT molecular complexity index is 611. The van der Waals surface area contributed by atoms with E-state index in [1.54, 1.807) is 12.1 Å². The molecule has 0 unspecified atom stereocenters. The fraction of sp³-hybridized carbons (Fsp3) is 0.353. The van der Waals surface area contributed by atoms with Crippen molar-refractivity contribution < 1.29 is 14.4 Å². The van der Waals surface area contributed by atoms with E-state index in [4.69, 9.17) is 5.73 Å². The first-order valence-corrected chi connectivity index (χ1v) is 7.10. The normalized spacial score (nSPS) is 11.9. The van der Waals surface area contributed by atoms with E-state index in [1.165, 1.54) is 0 Å². The molecule has 3 N–H and O–H groups in total. The molecule has 22 heavy (non-hydrogen) atoms. The molecule has 0 heterocycles. The fourth-order valence-corrected chi connectivity index (χ4v) is 2.22. The maximum absolute atomic E-state index is 12.7. The summed E-state index contributed by atoms with van der Waals surface area (Å²) in [5, 5.41) is 2.71. The summed E-state index contributed by atoms with van der Waals surface area (Å²) >= 11 is 0. The van der Waals surface area contributed by atoms with Crippen LogP contribution in [0, 0.1) is 19.8 Å². The summed E-state index contributed by atoms with van der Waals surface area (Å²) in [5.41, 5.74) is 7.96. The Kier molecular flexibility index (Phi) is 6.04. The van der Waals surface area contributed by atoms with E-state index in [-0.39, 0.29) is 23.9 Å². The van der Waals surface area contributed by atoms with E-state index >= 15 is 0 Å². The molecule has 0 saturated heterocycles. The van der Waals surface area contributed by atoms with E-state index in [0.717, 1.165) is 11.1 Å². The molecule has 0 aliphatic heterocycles. The molecule has 1 aromatic carbocycles. The van der Waals surface area contributed by atoms with Gasteiger partial charge in [0.1, 0.15) is 6.29 Å². The van der Waals surface area contributed by atoms with Gasteiger partial charge in [-0.15, -0.1) is 0 Å². The van der Waals surface area contributed by atoms with Gasteiger partial charge in [0, 0.05) is 11.1 Å². The molecule has 0 bridgehead atoms. The largest absolute Gasteiger partial charge is 0.373 e. The van der Waals surface area contributed by atoms with Crippen molar-refractivity contribution in [2.75, 3.05) is 6.54 Å². The highest BCUT2D eigenvalue weighted by Crippen LogP contribution is 2.18. The van der Waals surface area contributed by atoms with Crippen LogP contribution in [0.25, 0.3) is 0 Å². The van der Waals surface area contributed by atoms with Gasteiger partial charge in [-0.3, -0.25) is 14.4 Å². The third-order valence-electron chi connectivity index (χ3n) is 3.19. The van der Waals surface area contributed by atoms with Gasteiger partial charge in [0.25, 0.3) is 0 Å². The number of rotatable bonds is 7. The average Bonchev–Trinajstić information content (AvgIpc) is 2.40. The molecule has 0 fully saturated rings. The quantitative estimate of drug-likeness (QED) is 0.455. The molecule has 0 aromatic heterocycles. The Hall–Kier alpha value is -2.43. The van der Waals surface area contributed by atoms with Crippen molar-refractivity contribution in [3.63, 3.8) is 0 Å². The number of carbonyl (C=O) groups excluding carboxylic acids is 3. The molecule has 5 nitrogen and oxygen atoms in total. The smallest absolute Gasteiger partial charge is 0.236 e. The molecule has 0 aliphatic rings. The first kappa shape index (κ1) is 17.6. The number of aldehydes is 1. The Morgan fingerprint density at radius 2 is 1.73 bits per heavy atom. The zero-order valence-electron chi connectivity index (χ0n) is 13.4. The van der Waals surface area contributed by atoms with Crippen LogP contribution in [0.1, 0.15) is 35.3 Å². The van der Waals surface area contributed by atoms with Crippen LogP contribution < -0.4 is 11.1 Å².